The number of thioether (sulfide) groups is 1. The molecule has 2 rings (SSSR count). The zero-order valence-electron chi connectivity index (χ0n) is 11.1. The van der Waals surface area contributed by atoms with Gasteiger partial charge in [-0.25, -0.2) is 0 Å². The van der Waals surface area contributed by atoms with Crippen LogP contribution in [0.4, 0.5) is 5.69 Å². The van der Waals surface area contributed by atoms with Crippen molar-refractivity contribution >= 4 is 17.4 Å². The maximum Gasteiger partial charge on any atom is 0.154 e. The van der Waals surface area contributed by atoms with E-state index in [0.29, 0.717) is 5.56 Å². The largest absolute Gasteiger partial charge is 0.374 e. The van der Waals surface area contributed by atoms with Gasteiger partial charge in [0.2, 0.25) is 0 Å². The highest BCUT2D eigenvalue weighted by atomic mass is 32.2. The lowest BCUT2D eigenvalue weighted by molar-refractivity contribution is 0.719. The summed E-state index contributed by atoms with van der Waals surface area (Å²) in [5.41, 5.74) is 1.49. The second-order valence-electron chi connectivity index (χ2n) is 4.16. The third-order valence-electron chi connectivity index (χ3n) is 2.86. The van der Waals surface area contributed by atoms with Gasteiger partial charge in [-0.3, -0.25) is 0 Å². The Morgan fingerprint density at radius 3 is 2.84 bits per heavy atom. The number of nitrogens with one attached hydrogen (secondary N) is 1. The van der Waals surface area contributed by atoms with Crippen molar-refractivity contribution in [2.75, 3.05) is 11.6 Å². The van der Waals surface area contributed by atoms with Gasteiger partial charge < -0.3 is 9.88 Å². The topological polar surface area (TPSA) is 66.5 Å². The molecule has 1 aromatic carbocycles. The first-order valence-corrected chi connectivity index (χ1v) is 7.07. The smallest absolute Gasteiger partial charge is 0.154 e. The first-order valence-electron chi connectivity index (χ1n) is 5.85. The van der Waals surface area contributed by atoms with Crippen LogP contribution in [-0.2, 0) is 7.05 Å². The lowest BCUT2D eigenvalue weighted by Crippen LogP contribution is -2.12. The molecule has 1 N–H and O–H groups in total. The van der Waals surface area contributed by atoms with Crippen molar-refractivity contribution < 1.29 is 0 Å². The van der Waals surface area contributed by atoms with E-state index in [1.54, 1.807) is 18.1 Å². The van der Waals surface area contributed by atoms with E-state index >= 15 is 0 Å². The number of nitrogens with zero attached hydrogens (tertiary/aromatic N) is 4. The highest BCUT2D eigenvalue weighted by molar-refractivity contribution is 7.98. The zero-order valence-corrected chi connectivity index (χ0v) is 11.9. The van der Waals surface area contributed by atoms with Crippen molar-refractivity contribution in [3.63, 3.8) is 0 Å². The molecule has 19 heavy (non-hydrogen) atoms. The van der Waals surface area contributed by atoms with E-state index in [1.165, 1.54) is 0 Å². The van der Waals surface area contributed by atoms with E-state index in [1.807, 2.05) is 43.0 Å². The first-order chi connectivity index (χ1) is 9.17. The van der Waals surface area contributed by atoms with Gasteiger partial charge in [0.15, 0.2) is 5.82 Å². The van der Waals surface area contributed by atoms with Gasteiger partial charge in [-0.05, 0) is 25.3 Å². The van der Waals surface area contributed by atoms with Gasteiger partial charge in [0.25, 0.3) is 0 Å². The molecule has 1 atom stereocenters. The summed E-state index contributed by atoms with van der Waals surface area (Å²) in [5, 5.41) is 20.5. The van der Waals surface area contributed by atoms with Crippen LogP contribution in [0.25, 0.3) is 0 Å². The summed E-state index contributed by atoms with van der Waals surface area (Å²) in [5.74, 6) is 0.832. The molecule has 5 nitrogen and oxygen atoms in total. The molecule has 0 saturated heterocycles. The van der Waals surface area contributed by atoms with Gasteiger partial charge in [-0.2, -0.15) is 5.26 Å². The maximum atomic E-state index is 9.29. The van der Waals surface area contributed by atoms with Crippen LogP contribution in [0, 0.1) is 11.3 Å². The Bertz CT molecular complexity index is 614. The van der Waals surface area contributed by atoms with Gasteiger partial charge >= 0.3 is 0 Å². The zero-order chi connectivity index (χ0) is 13.8. The number of nitriles is 1. The Morgan fingerprint density at radius 2 is 2.26 bits per heavy atom. The van der Waals surface area contributed by atoms with Crippen molar-refractivity contribution in [2.45, 2.75) is 17.9 Å². The molecule has 1 aromatic heterocycles. The van der Waals surface area contributed by atoms with E-state index in [0.717, 1.165) is 16.4 Å². The Kier molecular flexibility index (Phi) is 4.07. The van der Waals surface area contributed by atoms with Crippen LogP contribution in [0.5, 0.6) is 0 Å². The molecular formula is C13H15N5S. The van der Waals surface area contributed by atoms with Crippen LogP contribution in [0.3, 0.4) is 0 Å². The lowest BCUT2D eigenvalue weighted by Gasteiger charge is -2.16. The van der Waals surface area contributed by atoms with Gasteiger partial charge in [0, 0.05) is 11.9 Å². The predicted molar refractivity (Wildman–Crippen MR) is 76.0 cm³/mol. The monoisotopic (exact) mass is 273 g/mol. The fourth-order valence-electron chi connectivity index (χ4n) is 1.92. The Hall–Kier alpha value is -2.00. The molecule has 0 aliphatic carbocycles. The number of hydrogen-bond donors (Lipinski definition) is 1. The minimum atomic E-state index is -0.0169. The Labute approximate surface area is 116 Å². The van der Waals surface area contributed by atoms with Crippen molar-refractivity contribution in [2.24, 2.45) is 7.05 Å². The average molecular weight is 273 g/mol. The molecule has 0 saturated carbocycles. The summed E-state index contributed by atoms with van der Waals surface area (Å²) in [7, 11) is 1.90. The summed E-state index contributed by atoms with van der Waals surface area (Å²) in [4.78, 5) is 0.970. The van der Waals surface area contributed by atoms with Crippen LogP contribution in [0.1, 0.15) is 24.4 Å². The fraction of sp³-hybridized carbons (Fsp3) is 0.308. The van der Waals surface area contributed by atoms with Crippen molar-refractivity contribution in [3.8, 4) is 6.07 Å². The second-order valence-corrected chi connectivity index (χ2v) is 5.01. The van der Waals surface area contributed by atoms with Crippen molar-refractivity contribution in [1.82, 2.24) is 14.8 Å². The minimum absolute atomic E-state index is 0.0169. The maximum absolute atomic E-state index is 9.29. The quantitative estimate of drug-likeness (QED) is 0.867. The number of anilines is 1. The number of hydrogen-bond acceptors (Lipinski definition) is 5. The highest BCUT2D eigenvalue weighted by Gasteiger charge is 2.14. The molecule has 2 aromatic rings. The SMILES string of the molecule is CSc1cccc(NC(C)c2nncn2C)c1C#N. The van der Waals surface area contributed by atoms with Gasteiger partial charge in [0.05, 0.1) is 17.3 Å². The molecule has 0 radical (unpaired) electrons. The van der Waals surface area contributed by atoms with Crippen LogP contribution in [0.2, 0.25) is 0 Å². The van der Waals surface area contributed by atoms with Gasteiger partial charge in [-0.15, -0.1) is 22.0 Å². The molecule has 0 amide bonds. The molecule has 0 bridgehead atoms. The third kappa shape index (κ3) is 2.71. The standard InChI is InChI=1S/C13H15N5S/c1-9(13-17-15-8-18(13)2)16-11-5-4-6-12(19-3)10(11)7-14/h4-6,8-9,16H,1-3H3. The molecule has 98 valence electrons. The molecule has 0 aliphatic rings. The van der Waals surface area contributed by atoms with E-state index in [9.17, 15) is 5.26 Å². The Morgan fingerprint density at radius 1 is 1.47 bits per heavy atom. The normalized spacial score (nSPS) is 11.9. The third-order valence-corrected chi connectivity index (χ3v) is 3.64. The van der Waals surface area contributed by atoms with E-state index in [-0.39, 0.29) is 6.04 Å². The van der Waals surface area contributed by atoms with Crippen LogP contribution >= 0.6 is 11.8 Å². The first kappa shape index (κ1) is 13.4. The van der Waals surface area contributed by atoms with Crippen molar-refractivity contribution in [1.29, 1.82) is 5.26 Å². The summed E-state index contributed by atoms with van der Waals surface area (Å²) >= 11 is 1.57. The molecule has 0 fully saturated rings. The molecule has 0 spiro atoms. The summed E-state index contributed by atoms with van der Waals surface area (Å²) in [6.45, 7) is 2.00. The van der Waals surface area contributed by atoms with E-state index < -0.39 is 0 Å². The number of aromatic nitrogens is 3. The number of benzene rings is 1. The van der Waals surface area contributed by atoms with E-state index in [4.69, 9.17) is 0 Å². The number of rotatable bonds is 4. The average Bonchev–Trinajstić information content (AvgIpc) is 2.84. The molecule has 0 aliphatic heterocycles. The van der Waals surface area contributed by atoms with E-state index in [2.05, 4.69) is 21.6 Å². The molecule has 1 unspecified atom stereocenters. The fourth-order valence-corrected chi connectivity index (χ4v) is 2.49. The van der Waals surface area contributed by atoms with Gasteiger partial charge in [0.1, 0.15) is 12.4 Å². The van der Waals surface area contributed by atoms with Gasteiger partial charge in [-0.1, -0.05) is 6.07 Å². The predicted octanol–water partition coefficient (Wildman–Crippen LogP) is 2.58. The van der Waals surface area contributed by atoms with Crippen molar-refractivity contribution in [3.05, 3.63) is 35.9 Å². The Balaban J connectivity index is 2.29. The molecule has 6 heteroatoms. The summed E-state index contributed by atoms with van der Waals surface area (Å²) in [6.07, 6.45) is 3.63. The molecular weight excluding hydrogens is 258 g/mol. The lowest BCUT2D eigenvalue weighted by atomic mass is 10.1. The van der Waals surface area contributed by atoms with Crippen LogP contribution in [0.15, 0.2) is 29.4 Å². The van der Waals surface area contributed by atoms with Crippen LogP contribution in [-0.4, -0.2) is 21.0 Å². The van der Waals surface area contributed by atoms with Crippen LogP contribution < -0.4 is 5.32 Å². The molecule has 1 heterocycles. The minimum Gasteiger partial charge on any atom is -0.374 e. The summed E-state index contributed by atoms with van der Waals surface area (Å²) in [6, 6.07) is 8.03. The summed E-state index contributed by atoms with van der Waals surface area (Å²) < 4.78 is 1.86. The highest BCUT2D eigenvalue weighted by Crippen LogP contribution is 2.28. The number of aryl methyl sites for hydroxylation is 1. The second kappa shape index (κ2) is 5.76.